The molecule has 1 aromatic carbocycles. The number of amides is 3. The molecule has 3 amide bonds. The van der Waals surface area contributed by atoms with Crippen molar-refractivity contribution in [2.75, 3.05) is 40.0 Å². The topological polar surface area (TPSA) is 135 Å². The fourth-order valence-electron chi connectivity index (χ4n) is 7.14. The Morgan fingerprint density at radius 2 is 1.84 bits per heavy atom. The molecule has 2 fully saturated rings. The molecule has 4 aliphatic heterocycles. The third-order valence-corrected chi connectivity index (χ3v) is 9.24. The molecule has 4 heterocycles. The minimum absolute atomic E-state index is 0.0868. The molecule has 11 heteroatoms. The van der Waals surface area contributed by atoms with Crippen LogP contribution in [0, 0.1) is 11.8 Å². The zero-order valence-electron chi connectivity index (χ0n) is 26.1. The van der Waals surface area contributed by atoms with Crippen molar-refractivity contribution in [2.24, 2.45) is 11.8 Å². The summed E-state index contributed by atoms with van der Waals surface area (Å²) >= 11 is 0. The first-order valence-corrected chi connectivity index (χ1v) is 16.1. The van der Waals surface area contributed by atoms with Gasteiger partial charge in [0.1, 0.15) is 23.7 Å². The van der Waals surface area contributed by atoms with Crippen molar-refractivity contribution < 1.29 is 38.5 Å². The lowest BCUT2D eigenvalue weighted by molar-refractivity contribution is -0.162. The highest BCUT2D eigenvalue weighted by Gasteiger charge is 2.73. The fourth-order valence-corrected chi connectivity index (χ4v) is 7.14. The molecule has 0 aromatic heterocycles. The van der Waals surface area contributed by atoms with Gasteiger partial charge in [0, 0.05) is 39.8 Å². The van der Waals surface area contributed by atoms with Crippen molar-refractivity contribution in [3.05, 3.63) is 60.2 Å². The van der Waals surface area contributed by atoms with Gasteiger partial charge in [-0.25, -0.2) is 0 Å². The number of hydrogen-bond acceptors (Lipinski definition) is 8. The van der Waals surface area contributed by atoms with Crippen LogP contribution in [-0.4, -0.2) is 102 Å². The van der Waals surface area contributed by atoms with E-state index in [2.05, 4.69) is 12.2 Å². The molecule has 1 aromatic rings. The Morgan fingerprint density at radius 1 is 1.04 bits per heavy atom. The largest absolute Gasteiger partial charge is 0.455 e. The molecule has 4 aliphatic rings. The molecule has 0 saturated carbocycles. The molecule has 45 heavy (non-hydrogen) atoms. The van der Waals surface area contributed by atoms with E-state index in [0.29, 0.717) is 25.1 Å². The van der Waals surface area contributed by atoms with Gasteiger partial charge in [0.2, 0.25) is 17.7 Å². The Kier molecular flexibility index (Phi) is 10.7. The molecule has 7 atom stereocenters. The number of nitrogens with one attached hydrogen (secondary N) is 1. The van der Waals surface area contributed by atoms with Crippen LogP contribution in [-0.2, 0) is 33.4 Å². The number of hydrogen-bond donors (Lipinski definition) is 2. The Bertz CT molecular complexity index is 1290. The highest BCUT2D eigenvalue weighted by atomic mass is 16.6. The van der Waals surface area contributed by atoms with E-state index in [-0.39, 0.29) is 50.3 Å². The van der Waals surface area contributed by atoms with Crippen molar-refractivity contribution >= 4 is 23.7 Å². The summed E-state index contributed by atoms with van der Waals surface area (Å²) in [5, 5.41) is 12.7. The highest BCUT2D eigenvalue weighted by molar-refractivity contribution is 5.99. The number of aliphatic hydroxyl groups excluding tert-OH is 1. The molecular weight excluding hydrogens is 578 g/mol. The number of carbonyl (C=O) groups excluding carboxylic acids is 4. The maximum Gasteiger partial charge on any atom is 0.313 e. The van der Waals surface area contributed by atoms with Crippen molar-refractivity contribution in [3.63, 3.8) is 0 Å². The number of aliphatic hydroxyl groups is 1. The average molecular weight is 624 g/mol. The van der Waals surface area contributed by atoms with Crippen LogP contribution in [0.5, 0.6) is 0 Å². The lowest BCUT2D eigenvalue weighted by Crippen LogP contribution is -2.56. The molecule has 1 spiro atoms. The zero-order chi connectivity index (χ0) is 32.0. The number of benzene rings is 1. The van der Waals surface area contributed by atoms with E-state index in [1.807, 2.05) is 42.5 Å². The minimum atomic E-state index is -1.33. The smallest absolute Gasteiger partial charge is 0.313 e. The van der Waals surface area contributed by atoms with E-state index in [1.54, 1.807) is 17.1 Å². The molecular formula is C34H45N3O8. The second kappa shape index (κ2) is 14.7. The fraction of sp³-hybridized carbons (Fsp3) is 0.588. The van der Waals surface area contributed by atoms with Crippen LogP contribution in [0.15, 0.2) is 54.6 Å². The van der Waals surface area contributed by atoms with Crippen LogP contribution in [0.3, 0.4) is 0 Å². The summed E-state index contributed by atoms with van der Waals surface area (Å²) in [5.74, 6) is -3.45. The van der Waals surface area contributed by atoms with Gasteiger partial charge in [0.25, 0.3) is 0 Å². The van der Waals surface area contributed by atoms with Crippen LogP contribution in [0.4, 0.5) is 0 Å². The number of likely N-dealkylation sites (tertiary alicyclic amines) is 1. The number of ether oxygens (including phenoxy) is 3. The standard InChI is InChI=1S/C34H45N3O8/c1-3-4-10-18-36-19-11-6-9-15-26(39)35-24(22-43-2)29(23-13-7-5-8-14-23)44-33(42)27-25-16-17-34(45-25)28(27)31(40)37(20-12-21-38)30(34)32(36)41/h5-8,11,13-14,16-17,24-25,27-30,38H,3-4,9-10,12,15,18-22H2,1-2H3,(H,35,39)/b11-6-/t24-,25+,27-,28-,29-,30+,34-/m0/s1. The third kappa shape index (κ3) is 6.57. The number of rotatable bonds is 10. The number of cyclic esters (lactones) is 1. The van der Waals surface area contributed by atoms with E-state index >= 15 is 0 Å². The number of nitrogens with zero attached hydrogens (tertiary/aromatic N) is 2. The van der Waals surface area contributed by atoms with Crippen LogP contribution in [0.25, 0.3) is 0 Å². The van der Waals surface area contributed by atoms with Gasteiger partial charge in [-0.1, -0.05) is 74.4 Å². The number of unbranched alkanes of at least 4 members (excludes halogenated alkanes) is 2. The van der Waals surface area contributed by atoms with Crippen LogP contribution in [0.2, 0.25) is 0 Å². The van der Waals surface area contributed by atoms with Gasteiger partial charge in [-0.3, -0.25) is 19.2 Å². The predicted molar refractivity (Wildman–Crippen MR) is 164 cm³/mol. The number of methoxy groups -OCH3 is 1. The molecule has 244 valence electrons. The van der Waals surface area contributed by atoms with Gasteiger partial charge in [-0.2, -0.15) is 0 Å². The van der Waals surface area contributed by atoms with Crippen LogP contribution < -0.4 is 5.32 Å². The predicted octanol–water partition coefficient (Wildman–Crippen LogP) is 2.30. The van der Waals surface area contributed by atoms with Crippen molar-refractivity contribution in [3.8, 4) is 0 Å². The summed E-state index contributed by atoms with van der Waals surface area (Å²) in [6.45, 7) is 2.98. The summed E-state index contributed by atoms with van der Waals surface area (Å²) in [4.78, 5) is 59.1. The van der Waals surface area contributed by atoms with Gasteiger partial charge >= 0.3 is 5.97 Å². The average Bonchev–Trinajstić information content (AvgIpc) is 3.68. The summed E-state index contributed by atoms with van der Waals surface area (Å²) < 4.78 is 18.2. The molecule has 5 rings (SSSR count). The molecule has 11 nitrogen and oxygen atoms in total. The van der Waals surface area contributed by atoms with Gasteiger partial charge in [-0.05, 0) is 24.8 Å². The van der Waals surface area contributed by atoms with Gasteiger partial charge in [0.15, 0.2) is 0 Å². The molecule has 2 saturated heterocycles. The van der Waals surface area contributed by atoms with Gasteiger partial charge < -0.3 is 34.4 Å². The lowest BCUT2D eigenvalue weighted by Gasteiger charge is -2.36. The zero-order valence-corrected chi connectivity index (χ0v) is 26.1. The van der Waals surface area contributed by atoms with E-state index < -0.39 is 47.7 Å². The van der Waals surface area contributed by atoms with E-state index in [4.69, 9.17) is 14.2 Å². The first-order chi connectivity index (χ1) is 21.9. The van der Waals surface area contributed by atoms with Crippen LogP contribution >= 0.6 is 0 Å². The lowest BCUT2D eigenvalue weighted by atomic mass is 9.74. The molecule has 0 radical (unpaired) electrons. The van der Waals surface area contributed by atoms with Gasteiger partial charge in [0.05, 0.1) is 24.7 Å². The Hall–Kier alpha value is -3.54. The summed E-state index contributed by atoms with van der Waals surface area (Å²) in [5.41, 5.74) is -0.667. The quantitative estimate of drug-likeness (QED) is 0.230. The second-order valence-corrected chi connectivity index (χ2v) is 12.2. The van der Waals surface area contributed by atoms with Crippen molar-refractivity contribution in [1.29, 1.82) is 0 Å². The summed E-state index contributed by atoms with van der Waals surface area (Å²) in [6, 6.07) is 7.44. The first kappa shape index (κ1) is 32.8. The molecule has 5 bridgehead atoms. The maximum absolute atomic E-state index is 14.4. The Morgan fingerprint density at radius 3 is 2.58 bits per heavy atom. The Labute approximate surface area is 264 Å². The molecule has 2 N–H and O–H groups in total. The number of fused-ring (bicyclic) bond motifs is 2. The number of esters is 1. The monoisotopic (exact) mass is 623 g/mol. The van der Waals surface area contributed by atoms with Gasteiger partial charge in [-0.15, -0.1) is 0 Å². The first-order valence-electron chi connectivity index (χ1n) is 16.1. The van der Waals surface area contributed by atoms with E-state index in [9.17, 15) is 24.3 Å². The SMILES string of the molecule is CCCCCN1C/C=C\CCC(=O)N[C@@H](COC)[C@H](c2ccccc2)OC(=O)[C@@H]2[C@H]3C(=O)N(CCCO)[C@H](C1=O)[C@]31C=C[C@H]2O1. The normalized spacial score (nSPS) is 32.5. The molecule has 0 aliphatic carbocycles. The minimum Gasteiger partial charge on any atom is -0.455 e. The van der Waals surface area contributed by atoms with Crippen molar-refractivity contribution in [1.82, 2.24) is 15.1 Å². The van der Waals surface area contributed by atoms with Crippen molar-refractivity contribution in [2.45, 2.75) is 75.3 Å². The summed E-state index contributed by atoms with van der Waals surface area (Å²) in [7, 11) is 1.52. The third-order valence-electron chi connectivity index (χ3n) is 9.24. The molecule has 0 unspecified atom stereocenters. The Balaban J connectivity index is 1.56. The van der Waals surface area contributed by atoms with Crippen LogP contribution in [0.1, 0.15) is 57.1 Å². The highest BCUT2D eigenvalue weighted by Crippen LogP contribution is 2.56. The maximum atomic E-state index is 14.4. The van der Waals surface area contributed by atoms with E-state index in [1.165, 1.54) is 12.0 Å². The van der Waals surface area contributed by atoms with E-state index in [0.717, 1.165) is 19.3 Å². The second-order valence-electron chi connectivity index (χ2n) is 12.2. The number of allylic oxidation sites excluding steroid dienone is 1. The number of carbonyl (C=O) groups is 4. The summed E-state index contributed by atoms with van der Waals surface area (Å²) in [6.07, 6.45) is 9.31.